The minimum absolute atomic E-state index is 0. The standard InChI is InChI=1S/C26H53NO4S.K/c1-2-3-4-5-6-7-8-9-10-11-12-13-14-15-16-17-18-19-20-21-23-26(28)27-24-22-25-32(29,30)31;/h2-25H2,1H3,(H,27,28)(H,29,30,31);/q;+1/p-1. The summed E-state index contributed by atoms with van der Waals surface area (Å²) >= 11 is 0. The Hall–Kier alpha value is 1.02. The zero-order chi connectivity index (χ0) is 23.8. The van der Waals surface area contributed by atoms with Crippen molar-refractivity contribution in [1.29, 1.82) is 0 Å². The van der Waals surface area contributed by atoms with Crippen molar-refractivity contribution in [2.24, 2.45) is 4.99 Å². The van der Waals surface area contributed by atoms with Crippen LogP contribution in [0.2, 0.25) is 0 Å². The summed E-state index contributed by atoms with van der Waals surface area (Å²) in [7, 11) is -3.94. The molecular formula is C26H52KNO4S. The minimum Gasteiger partial charge on any atom is -0.862 e. The van der Waals surface area contributed by atoms with Crippen molar-refractivity contribution in [3.63, 3.8) is 0 Å². The molecule has 0 rings (SSSR count). The summed E-state index contributed by atoms with van der Waals surface area (Å²) in [5.74, 6) is -0.481. The average Bonchev–Trinajstić information content (AvgIpc) is 2.74. The Morgan fingerprint density at radius 2 is 0.970 bits per heavy atom. The molecule has 33 heavy (non-hydrogen) atoms. The van der Waals surface area contributed by atoms with Gasteiger partial charge in [-0.05, 0) is 25.2 Å². The van der Waals surface area contributed by atoms with Gasteiger partial charge in [-0.25, -0.2) is 0 Å². The topological polar surface area (TPSA) is 89.8 Å². The Morgan fingerprint density at radius 1 is 0.636 bits per heavy atom. The molecule has 0 unspecified atom stereocenters. The quantitative estimate of drug-likeness (QED) is 0.0650. The van der Waals surface area contributed by atoms with E-state index in [0.29, 0.717) is 6.42 Å². The Kier molecular flexibility index (Phi) is 30.3. The van der Waals surface area contributed by atoms with Crippen LogP contribution in [0.4, 0.5) is 0 Å². The Morgan fingerprint density at radius 3 is 1.30 bits per heavy atom. The van der Waals surface area contributed by atoms with Crippen molar-refractivity contribution >= 4 is 16.0 Å². The van der Waals surface area contributed by atoms with E-state index in [1.807, 2.05) is 0 Å². The van der Waals surface area contributed by atoms with Gasteiger partial charge in [0.2, 0.25) is 0 Å². The zero-order valence-corrected chi connectivity index (χ0v) is 25.9. The summed E-state index contributed by atoms with van der Waals surface area (Å²) in [6.07, 6.45) is 27.4. The van der Waals surface area contributed by atoms with Crippen LogP contribution in [0.1, 0.15) is 148 Å². The maximum atomic E-state index is 11.6. The number of hydrogen-bond donors (Lipinski definition) is 1. The molecule has 7 heteroatoms. The third kappa shape index (κ3) is 33.0. The van der Waals surface area contributed by atoms with Gasteiger partial charge in [0.15, 0.2) is 0 Å². The number of unbranched alkanes of at least 4 members (excludes halogenated alkanes) is 19. The number of nitrogens with zero attached hydrogens (tertiary/aromatic N) is 1. The fourth-order valence-corrected chi connectivity index (χ4v) is 4.56. The van der Waals surface area contributed by atoms with E-state index in [2.05, 4.69) is 11.9 Å². The molecule has 0 spiro atoms. The smallest absolute Gasteiger partial charge is 0.862 e. The number of rotatable bonds is 25. The summed E-state index contributed by atoms with van der Waals surface area (Å²) in [5, 5.41) is 11.6. The van der Waals surface area contributed by atoms with Crippen LogP contribution in [0.25, 0.3) is 0 Å². The number of hydrogen-bond acceptors (Lipinski definition) is 4. The molecule has 0 aliphatic carbocycles. The molecule has 0 saturated heterocycles. The second kappa shape index (κ2) is 27.6. The van der Waals surface area contributed by atoms with Crippen LogP contribution in [-0.4, -0.2) is 31.2 Å². The Bertz CT molecular complexity index is 526. The fourth-order valence-electron chi connectivity index (χ4n) is 4.06. The van der Waals surface area contributed by atoms with Gasteiger partial charge in [0.1, 0.15) is 0 Å². The molecular weight excluding hydrogens is 461 g/mol. The van der Waals surface area contributed by atoms with Crippen molar-refractivity contribution in [2.75, 3.05) is 12.3 Å². The fraction of sp³-hybridized carbons (Fsp3) is 0.962. The molecule has 0 aromatic heterocycles. The molecule has 192 valence electrons. The third-order valence-corrected chi connectivity index (χ3v) is 6.90. The van der Waals surface area contributed by atoms with E-state index in [-0.39, 0.29) is 76.0 Å². The summed E-state index contributed by atoms with van der Waals surface area (Å²) in [6.45, 7) is 2.46. The van der Waals surface area contributed by atoms with E-state index in [1.54, 1.807) is 0 Å². The van der Waals surface area contributed by atoms with Crippen LogP contribution >= 0.6 is 0 Å². The van der Waals surface area contributed by atoms with Crippen LogP contribution in [-0.2, 0) is 10.1 Å². The van der Waals surface area contributed by atoms with Crippen molar-refractivity contribution in [3.8, 4) is 0 Å². The molecule has 1 N–H and O–H groups in total. The molecule has 0 atom stereocenters. The van der Waals surface area contributed by atoms with Crippen LogP contribution in [0.5, 0.6) is 0 Å². The van der Waals surface area contributed by atoms with Crippen LogP contribution < -0.4 is 56.5 Å². The molecule has 0 amide bonds. The first kappa shape index (κ1) is 36.2. The molecule has 0 saturated carbocycles. The maximum Gasteiger partial charge on any atom is 1.00 e. The van der Waals surface area contributed by atoms with E-state index < -0.39 is 10.1 Å². The van der Waals surface area contributed by atoms with Gasteiger partial charge in [-0.2, -0.15) is 8.42 Å². The summed E-state index contributed by atoms with van der Waals surface area (Å²) in [6, 6.07) is 0. The molecule has 0 aromatic rings. The molecule has 0 fully saturated rings. The first-order chi connectivity index (χ1) is 15.5. The van der Waals surface area contributed by atoms with Gasteiger partial charge >= 0.3 is 51.4 Å². The number of aliphatic imine (C=N–C) groups is 1. The van der Waals surface area contributed by atoms with Crippen LogP contribution in [0.15, 0.2) is 4.99 Å². The predicted molar refractivity (Wildman–Crippen MR) is 136 cm³/mol. The third-order valence-electron chi connectivity index (χ3n) is 6.09. The molecule has 0 radical (unpaired) electrons. The molecule has 5 nitrogen and oxygen atoms in total. The second-order valence-electron chi connectivity index (χ2n) is 9.38. The van der Waals surface area contributed by atoms with Crippen molar-refractivity contribution < 1.29 is 69.5 Å². The van der Waals surface area contributed by atoms with Crippen molar-refractivity contribution in [2.45, 2.75) is 148 Å². The first-order valence-corrected chi connectivity index (χ1v) is 15.2. The van der Waals surface area contributed by atoms with E-state index in [0.717, 1.165) is 12.8 Å². The van der Waals surface area contributed by atoms with Gasteiger partial charge in [-0.15, -0.1) is 0 Å². The van der Waals surface area contributed by atoms with Crippen LogP contribution in [0, 0.1) is 0 Å². The monoisotopic (exact) mass is 513 g/mol. The molecule has 0 aliphatic rings. The molecule has 0 aromatic carbocycles. The van der Waals surface area contributed by atoms with E-state index >= 15 is 0 Å². The van der Waals surface area contributed by atoms with Gasteiger partial charge in [-0.3, -0.25) is 4.55 Å². The second-order valence-corrected chi connectivity index (χ2v) is 11.0. The first-order valence-electron chi connectivity index (χ1n) is 13.6. The van der Waals surface area contributed by atoms with Crippen LogP contribution in [0.3, 0.4) is 0 Å². The van der Waals surface area contributed by atoms with Crippen molar-refractivity contribution in [3.05, 3.63) is 0 Å². The summed E-state index contributed by atoms with van der Waals surface area (Å²) in [4.78, 5) is 3.83. The van der Waals surface area contributed by atoms with E-state index in [4.69, 9.17) is 4.55 Å². The normalized spacial score (nSPS) is 12.1. The summed E-state index contributed by atoms with van der Waals surface area (Å²) in [5.41, 5.74) is 0. The van der Waals surface area contributed by atoms with Gasteiger partial charge in [0.25, 0.3) is 10.1 Å². The van der Waals surface area contributed by atoms with E-state index in [1.165, 1.54) is 116 Å². The van der Waals surface area contributed by atoms with Gasteiger partial charge < -0.3 is 10.1 Å². The molecule has 0 aliphatic heterocycles. The average molecular weight is 514 g/mol. The predicted octanol–water partition coefficient (Wildman–Crippen LogP) is 4.24. The van der Waals surface area contributed by atoms with Gasteiger partial charge in [0.05, 0.1) is 5.75 Å². The zero-order valence-electron chi connectivity index (χ0n) is 22.0. The molecule has 0 bridgehead atoms. The van der Waals surface area contributed by atoms with Gasteiger partial charge in [-0.1, -0.05) is 129 Å². The Balaban J connectivity index is 0. The SMILES string of the molecule is CCCCCCCCCCCCCCCCCCCCCCC([O-])=NCCCS(=O)(=O)O.[K+]. The van der Waals surface area contributed by atoms with E-state index in [9.17, 15) is 13.5 Å². The Labute approximate surface area is 248 Å². The summed E-state index contributed by atoms with van der Waals surface area (Å²) < 4.78 is 29.8. The van der Waals surface area contributed by atoms with Crippen molar-refractivity contribution in [1.82, 2.24) is 0 Å². The maximum absolute atomic E-state index is 11.6. The van der Waals surface area contributed by atoms with Gasteiger partial charge in [0, 0.05) is 6.54 Å². The largest absolute Gasteiger partial charge is 1.00 e. The minimum atomic E-state index is -3.94. The molecule has 0 heterocycles.